The van der Waals surface area contributed by atoms with Crippen LogP contribution in [0.4, 0.5) is 0 Å². The predicted octanol–water partition coefficient (Wildman–Crippen LogP) is 5.48. The molecule has 3 rings (SSSR count). The van der Waals surface area contributed by atoms with Crippen LogP contribution in [-0.4, -0.2) is 0 Å². The van der Waals surface area contributed by atoms with Crippen molar-refractivity contribution in [2.75, 3.05) is 0 Å². The van der Waals surface area contributed by atoms with E-state index in [4.69, 9.17) is 0 Å². The molecule has 0 atom stereocenters. The van der Waals surface area contributed by atoms with E-state index in [1.807, 2.05) is 54.6 Å². The second-order valence-corrected chi connectivity index (χ2v) is 5.37. The third kappa shape index (κ3) is 2.75. The average Bonchev–Trinajstić information content (AvgIpc) is 2.56. The van der Waals surface area contributed by atoms with Crippen LogP contribution in [0, 0.1) is 13.8 Å². The van der Waals surface area contributed by atoms with Crippen LogP contribution in [0.3, 0.4) is 0 Å². The Bertz CT molecular complexity index is 729. The normalized spacial score (nSPS) is 12.0. The summed E-state index contributed by atoms with van der Waals surface area (Å²) < 4.78 is 9.43. The summed E-state index contributed by atoms with van der Waals surface area (Å²) in [5.41, 5.74) is 5.36. The average molecular weight is 273 g/mol. The van der Waals surface area contributed by atoms with Gasteiger partial charge in [-0.25, -0.2) is 0 Å². The Kier molecular flexibility index (Phi) is 3.52. The van der Waals surface area contributed by atoms with Gasteiger partial charge in [0.25, 0.3) is 0 Å². The van der Waals surface area contributed by atoms with Crippen LogP contribution in [0.1, 0.15) is 35.1 Å². The molecule has 0 nitrogen and oxygen atoms in total. The van der Waals surface area contributed by atoms with Crippen molar-refractivity contribution in [2.24, 2.45) is 0 Å². The van der Waals surface area contributed by atoms with Crippen molar-refractivity contribution in [3.05, 3.63) is 107 Å². The Hall–Kier alpha value is -2.34. The zero-order valence-electron chi connectivity index (χ0n) is 13.5. The maximum atomic E-state index is 9.43. The Balaban J connectivity index is 2.33. The van der Waals surface area contributed by atoms with Gasteiger partial charge in [0.15, 0.2) is 0 Å². The first-order valence-corrected chi connectivity index (χ1v) is 7.32. The minimum absolute atomic E-state index is 0.891. The van der Waals surface area contributed by atoms with Crippen LogP contribution in [0.5, 0.6) is 0 Å². The molecule has 21 heavy (non-hydrogen) atoms. The summed E-state index contributed by atoms with van der Waals surface area (Å²) in [4.78, 5) is 0. The topological polar surface area (TPSA) is 0 Å². The summed E-state index contributed by atoms with van der Waals surface area (Å²) in [6.45, 7) is 4.17. The molecule has 3 aromatic carbocycles. The van der Waals surface area contributed by atoms with E-state index in [0.717, 1.165) is 27.8 Å². The maximum Gasteiger partial charge on any atom is 0.0453 e. The molecule has 0 fully saturated rings. The quantitative estimate of drug-likeness (QED) is 0.554. The second-order valence-electron chi connectivity index (χ2n) is 5.37. The van der Waals surface area contributed by atoms with Gasteiger partial charge in [0.05, 0.1) is 0 Å². The van der Waals surface area contributed by atoms with Crippen LogP contribution in [0.2, 0.25) is 0 Å². The predicted molar refractivity (Wildman–Crippen MR) is 89.7 cm³/mol. The van der Waals surface area contributed by atoms with Crippen LogP contribution in [-0.2, 0) is 0 Å². The van der Waals surface area contributed by atoms with Gasteiger partial charge in [-0.2, -0.15) is 0 Å². The second kappa shape index (κ2) is 5.97. The van der Waals surface area contributed by atoms with Gasteiger partial charge in [-0.3, -0.25) is 0 Å². The minimum atomic E-state index is -0.891. The molecule has 0 aliphatic heterocycles. The lowest BCUT2D eigenvalue weighted by atomic mass is 9.81. The number of hydrogen-bond donors (Lipinski definition) is 0. The van der Waals surface area contributed by atoms with E-state index in [2.05, 4.69) is 38.1 Å². The van der Waals surface area contributed by atoms with E-state index in [0.29, 0.717) is 0 Å². The molecule has 0 bridgehead atoms. The third-order valence-electron chi connectivity index (χ3n) is 3.89. The minimum Gasteiger partial charge on any atom is -0.0622 e. The van der Waals surface area contributed by atoms with Gasteiger partial charge in [-0.15, -0.1) is 0 Å². The van der Waals surface area contributed by atoms with Crippen molar-refractivity contribution < 1.29 is 1.37 Å². The van der Waals surface area contributed by atoms with E-state index in [-0.39, 0.29) is 0 Å². The molecule has 0 aromatic heterocycles. The molecular formula is C21H20. The maximum absolute atomic E-state index is 9.43. The molecule has 0 heterocycles. The number of benzene rings is 3. The van der Waals surface area contributed by atoms with E-state index in [9.17, 15) is 1.37 Å². The molecule has 0 N–H and O–H groups in total. The molecule has 0 saturated carbocycles. The Morgan fingerprint density at radius 3 is 1.52 bits per heavy atom. The van der Waals surface area contributed by atoms with Crippen molar-refractivity contribution in [1.82, 2.24) is 0 Å². The monoisotopic (exact) mass is 273 g/mol. The smallest absolute Gasteiger partial charge is 0.0453 e. The van der Waals surface area contributed by atoms with Crippen molar-refractivity contribution in [3.8, 4) is 0 Å². The SMILES string of the molecule is [2H]C(c1ccccc1)(c1ccccc1C)c1ccccc1C. The van der Waals surface area contributed by atoms with Crippen LogP contribution < -0.4 is 0 Å². The summed E-state index contributed by atoms with van der Waals surface area (Å²) in [7, 11) is 0. The highest BCUT2D eigenvalue weighted by atomic mass is 14.2. The Labute approximate surface area is 128 Å². The molecule has 104 valence electrons. The zero-order valence-corrected chi connectivity index (χ0v) is 12.5. The van der Waals surface area contributed by atoms with Crippen molar-refractivity contribution >= 4 is 0 Å². The number of rotatable bonds is 3. The number of aryl methyl sites for hydroxylation is 2. The summed E-state index contributed by atoms with van der Waals surface area (Å²) in [6, 6.07) is 26.5. The standard InChI is InChI=1S/C21H20/c1-16-10-6-8-14-19(16)21(18-12-4-3-5-13-18)20-15-9-7-11-17(20)2/h3-15,21H,1-2H3/i21D. The van der Waals surface area contributed by atoms with Crippen molar-refractivity contribution in [3.63, 3.8) is 0 Å². The highest BCUT2D eigenvalue weighted by Crippen LogP contribution is 2.35. The molecule has 0 saturated heterocycles. The van der Waals surface area contributed by atoms with Crippen LogP contribution in [0.25, 0.3) is 0 Å². The van der Waals surface area contributed by atoms with Gasteiger partial charge >= 0.3 is 0 Å². The summed E-state index contributed by atoms with van der Waals surface area (Å²) >= 11 is 0. The Morgan fingerprint density at radius 1 is 0.619 bits per heavy atom. The van der Waals surface area contributed by atoms with E-state index in [1.165, 1.54) is 0 Å². The molecular weight excluding hydrogens is 252 g/mol. The first-order chi connectivity index (χ1) is 10.6. The molecule has 0 aliphatic rings. The van der Waals surface area contributed by atoms with E-state index < -0.39 is 5.89 Å². The zero-order chi connectivity index (χ0) is 15.6. The summed E-state index contributed by atoms with van der Waals surface area (Å²) in [6.07, 6.45) is 0. The van der Waals surface area contributed by atoms with Gasteiger partial charge in [0, 0.05) is 7.26 Å². The van der Waals surface area contributed by atoms with E-state index in [1.54, 1.807) is 0 Å². The van der Waals surface area contributed by atoms with Gasteiger partial charge < -0.3 is 0 Å². The molecule has 0 radical (unpaired) electrons. The fourth-order valence-electron chi connectivity index (χ4n) is 2.77. The molecule has 0 unspecified atom stereocenters. The highest BCUT2D eigenvalue weighted by Gasteiger charge is 2.19. The van der Waals surface area contributed by atoms with E-state index >= 15 is 0 Å². The first-order valence-electron chi connectivity index (χ1n) is 7.82. The fourth-order valence-corrected chi connectivity index (χ4v) is 2.77. The van der Waals surface area contributed by atoms with Crippen molar-refractivity contribution in [1.29, 1.82) is 0 Å². The first kappa shape index (κ1) is 12.4. The Morgan fingerprint density at radius 2 is 1.05 bits per heavy atom. The van der Waals surface area contributed by atoms with Gasteiger partial charge in [0.1, 0.15) is 0 Å². The fraction of sp³-hybridized carbons (Fsp3) is 0.143. The number of hydrogen-bond acceptors (Lipinski definition) is 0. The lowest BCUT2D eigenvalue weighted by Crippen LogP contribution is -2.06. The largest absolute Gasteiger partial charge is 0.0622 e. The van der Waals surface area contributed by atoms with Gasteiger partial charge in [0.2, 0.25) is 0 Å². The van der Waals surface area contributed by atoms with Gasteiger partial charge in [-0.05, 0) is 41.7 Å². The molecule has 0 heteroatoms. The van der Waals surface area contributed by atoms with Crippen molar-refractivity contribution in [2.45, 2.75) is 19.7 Å². The molecule has 0 amide bonds. The lowest BCUT2D eigenvalue weighted by Gasteiger charge is -2.22. The molecule has 0 spiro atoms. The highest BCUT2D eigenvalue weighted by molar-refractivity contribution is 5.48. The lowest BCUT2D eigenvalue weighted by molar-refractivity contribution is 0.949. The third-order valence-corrected chi connectivity index (χ3v) is 3.89. The molecule has 3 aromatic rings. The van der Waals surface area contributed by atoms with Crippen LogP contribution in [0.15, 0.2) is 78.9 Å². The summed E-state index contributed by atoms with van der Waals surface area (Å²) in [5, 5.41) is 0. The summed E-state index contributed by atoms with van der Waals surface area (Å²) in [5.74, 6) is -0.891. The molecule has 0 aliphatic carbocycles. The van der Waals surface area contributed by atoms with Crippen LogP contribution >= 0.6 is 0 Å². The van der Waals surface area contributed by atoms with Gasteiger partial charge in [-0.1, -0.05) is 78.9 Å².